The number of ketones is 1. The van der Waals surface area contributed by atoms with E-state index >= 15 is 0 Å². The average Bonchev–Trinajstić information content (AvgIpc) is 2.81. The normalized spacial score (nSPS) is 10.3. The summed E-state index contributed by atoms with van der Waals surface area (Å²) in [6.45, 7) is 0. The molecule has 0 radical (unpaired) electrons. The van der Waals surface area contributed by atoms with Gasteiger partial charge < -0.3 is 0 Å². The van der Waals surface area contributed by atoms with Crippen molar-refractivity contribution in [3.8, 4) is 0 Å². The fraction of sp³-hybridized carbons (Fsp3) is 0.0833. The van der Waals surface area contributed by atoms with Crippen molar-refractivity contribution < 1.29 is 9.72 Å². The molecule has 0 fully saturated rings. The van der Waals surface area contributed by atoms with Crippen LogP contribution in [0.3, 0.4) is 0 Å². The maximum Gasteiger partial charge on any atom is 0.324 e. The quantitative estimate of drug-likeness (QED) is 0.487. The molecule has 18 heavy (non-hydrogen) atoms. The first-order valence-electron chi connectivity index (χ1n) is 5.08. The fourth-order valence-corrected chi connectivity index (χ4v) is 2.47. The molecule has 0 unspecified atom stereocenters. The third-order valence-electron chi connectivity index (χ3n) is 2.32. The van der Waals surface area contributed by atoms with Crippen molar-refractivity contribution in [1.82, 2.24) is 0 Å². The Hall–Kier alpha value is -1.53. The molecular weight excluding hydrogens is 318 g/mol. The average molecular weight is 326 g/mol. The highest BCUT2D eigenvalue weighted by Gasteiger charge is 2.15. The van der Waals surface area contributed by atoms with Crippen LogP contribution in [0.5, 0.6) is 0 Å². The van der Waals surface area contributed by atoms with Crippen LogP contribution in [0.4, 0.5) is 5.00 Å². The number of nitrogens with zero attached hydrogens (tertiary/aromatic N) is 1. The third kappa shape index (κ3) is 3.02. The highest BCUT2D eigenvalue weighted by atomic mass is 79.9. The van der Waals surface area contributed by atoms with Gasteiger partial charge in [0.15, 0.2) is 5.78 Å². The van der Waals surface area contributed by atoms with Crippen molar-refractivity contribution >= 4 is 38.1 Å². The van der Waals surface area contributed by atoms with E-state index < -0.39 is 4.92 Å². The van der Waals surface area contributed by atoms with Gasteiger partial charge in [0, 0.05) is 17.0 Å². The maximum atomic E-state index is 11.9. The fourth-order valence-electron chi connectivity index (χ4n) is 1.45. The summed E-state index contributed by atoms with van der Waals surface area (Å²) in [7, 11) is 0. The number of Topliss-reactive ketones (excluding diaryl/α,β-unsaturated/α-hetero) is 1. The number of hydrogen-bond acceptors (Lipinski definition) is 4. The zero-order valence-corrected chi connectivity index (χ0v) is 11.5. The number of thiophene rings is 1. The van der Waals surface area contributed by atoms with Gasteiger partial charge in [-0.15, -0.1) is 0 Å². The van der Waals surface area contributed by atoms with Crippen molar-refractivity contribution in [1.29, 1.82) is 0 Å². The molecule has 0 aliphatic carbocycles. The van der Waals surface area contributed by atoms with Crippen LogP contribution in [0.25, 0.3) is 0 Å². The number of halogens is 1. The van der Waals surface area contributed by atoms with E-state index in [1.54, 1.807) is 0 Å². The SMILES string of the molecule is O=C(Cc1ccc(Br)cc1)c1ccc([N+](=O)[O-])s1. The lowest BCUT2D eigenvalue weighted by molar-refractivity contribution is -0.380. The molecule has 0 N–H and O–H groups in total. The van der Waals surface area contributed by atoms with Crippen molar-refractivity contribution in [2.24, 2.45) is 0 Å². The van der Waals surface area contributed by atoms with E-state index in [0.29, 0.717) is 4.88 Å². The monoisotopic (exact) mass is 325 g/mol. The minimum Gasteiger partial charge on any atom is -0.293 e. The molecule has 4 nitrogen and oxygen atoms in total. The Kier molecular flexibility index (Phi) is 3.88. The molecule has 0 saturated heterocycles. The van der Waals surface area contributed by atoms with Crippen LogP contribution in [0.15, 0.2) is 40.9 Å². The second-order valence-corrected chi connectivity index (χ2v) is 5.60. The number of hydrogen-bond donors (Lipinski definition) is 0. The summed E-state index contributed by atoms with van der Waals surface area (Å²) in [6.07, 6.45) is 0.255. The van der Waals surface area contributed by atoms with E-state index in [0.717, 1.165) is 21.4 Å². The standard InChI is InChI=1S/C12H8BrNO3S/c13-9-3-1-8(2-4-9)7-10(15)11-5-6-12(18-11)14(16)17/h1-6H,7H2. The Morgan fingerprint density at radius 3 is 2.44 bits per heavy atom. The largest absolute Gasteiger partial charge is 0.324 e. The highest BCUT2D eigenvalue weighted by molar-refractivity contribution is 9.10. The first-order chi connectivity index (χ1) is 8.56. The lowest BCUT2D eigenvalue weighted by atomic mass is 10.1. The Labute approximate surface area is 116 Å². The summed E-state index contributed by atoms with van der Waals surface area (Å²) in [4.78, 5) is 22.4. The van der Waals surface area contributed by atoms with Gasteiger partial charge >= 0.3 is 5.00 Å². The van der Waals surface area contributed by atoms with E-state index in [2.05, 4.69) is 15.9 Å². The minimum absolute atomic E-state index is 0.00541. The molecule has 0 aliphatic heterocycles. The van der Waals surface area contributed by atoms with E-state index in [9.17, 15) is 14.9 Å². The van der Waals surface area contributed by atoms with Gasteiger partial charge in [-0.2, -0.15) is 0 Å². The van der Waals surface area contributed by atoms with Crippen LogP contribution in [0, 0.1) is 10.1 Å². The Bertz CT molecular complexity index is 592. The number of carbonyl (C=O) groups excluding carboxylic acids is 1. The summed E-state index contributed by atoms with van der Waals surface area (Å²) in [5, 5.41) is 10.5. The van der Waals surface area contributed by atoms with Gasteiger partial charge in [0.1, 0.15) is 0 Å². The van der Waals surface area contributed by atoms with Crippen molar-refractivity contribution in [2.45, 2.75) is 6.42 Å². The number of rotatable bonds is 4. The van der Waals surface area contributed by atoms with Gasteiger partial charge in [0.05, 0.1) is 9.80 Å². The molecule has 2 rings (SSSR count). The smallest absolute Gasteiger partial charge is 0.293 e. The van der Waals surface area contributed by atoms with Gasteiger partial charge in [-0.1, -0.05) is 39.4 Å². The van der Waals surface area contributed by atoms with Crippen LogP contribution in [-0.4, -0.2) is 10.7 Å². The molecule has 1 heterocycles. The zero-order valence-electron chi connectivity index (χ0n) is 9.13. The molecule has 0 amide bonds. The molecular formula is C12H8BrNO3S. The van der Waals surface area contributed by atoms with Gasteiger partial charge in [-0.3, -0.25) is 14.9 Å². The van der Waals surface area contributed by atoms with E-state index in [4.69, 9.17) is 0 Å². The highest BCUT2D eigenvalue weighted by Crippen LogP contribution is 2.25. The second kappa shape index (κ2) is 5.41. The van der Waals surface area contributed by atoms with Crippen molar-refractivity contribution in [2.75, 3.05) is 0 Å². The van der Waals surface area contributed by atoms with Crippen molar-refractivity contribution in [3.05, 3.63) is 61.4 Å². The van der Waals surface area contributed by atoms with Crippen LogP contribution in [0.2, 0.25) is 0 Å². The van der Waals surface area contributed by atoms with Gasteiger partial charge in [-0.25, -0.2) is 0 Å². The number of nitro groups is 1. The third-order valence-corrected chi connectivity index (χ3v) is 3.93. The Morgan fingerprint density at radius 1 is 1.22 bits per heavy atom. The number of benzene rings is 1. The summed E-state index contributed by atoms with van der Waals surface area (Å²) in [6, 6.07) is 10.3. The molecule has 1 aromatic heterocycles. The first-order valence-corrected chi connectivity index (χ1v) is 6.69. The van der Waals surface area contributed by atoms with E-state index in [1.165, 1.54) is 12.1 Å². The molecule has 0 aliphatic rings. The van der Waals surface area contributed by atoms with Crippen molar-refractivity contribution in [3.63, 3.8) is 0 Å². The van der Waals surface area contributed by atoms with Gasteiger partial charge in [-0.05, 0) is 23.8 Å². The molecule has 0 bridgehead atoms. The molecule has 2 aromatic rings. The van der Waals surface area contributed by atoms with E-state index in [1.807, 2.05) is 24.3 Å². The molecule has 1 aromatic carbocycles. The Balaban J connectivity index is 2.11. The zero-order chi connectivity index (χ0) is 13.1. The molecule has 92 valence electrons. The van der Waals surface area contributed by atoms with Crippen LogP contribution < -0.4 is 0 Å². The summed E-state index contributed by atoms with van der Waals surface area (Å²) in [5.74, 6) is -0.101. The minimum atomic E-state index is -0.485. The molecule has 0 saturated carbocycles. The summed E-state index contributed by atoms with van der Waals surface area (Å²) >= 11 is 4.23. The van der Waals surface area contributed by atoms with Crippen LogP contribution >= 0.6 is 27.3 Å². The lowest BCUT2D eigenvalue weighted by Gasteiger charge is -1.99. The predicted octanol–water partition coefficient (Wildman–Crippen LogP) is 3.84. The second-order valence-electron chi connectivity index (χ2n) is 3.62. The molecule has 0 atom stereocenters. The van der Waals surface area contributed by atoms with Crippen LogP contribution in [-0.2, 0) is 6.42 Å². The van der Waals surface area contributed by atoms with Gasteiger partial charge in [0.2, 0.25) is 0 Å². The lowest BCUT2D eigenvalue weighted by Crippen LogP contribution is -2.00. The van der Waals surface area contributed by atoms with Crippen LogP contribution in [0.1, 0.15) is 15.2 Å². The molecule has 0 spiro atoms. The van der Waals surface area contributed by atoms with E-state index in [-0.39, 0.29) is 17.2 Å². The van der Waals surface area contributed by atoms with Gasteiger partial charge in [0.25, 0.3) is 0 Å². The topological polar surface area (TPSA) is 60.2 Å². The molecule has 6 heteroatoms. The summed E-state index contributed by atoms with van der Waals surface area (Å²) in [5.41, 5.74) is 0.888. The number of carbonyl (C=O) groups is 1. The first kappa shape index (κ1) is 12.9. The Morgan fingerprint density at radius 2 is 1.89 bits per heavy atom. The summed E-state index contributed by atoms with van der Waals surface area (Å²) < 4.78 is 0.950. The predicted molar refractivity (Wildman–Crippen MR) is 73.1 cm³/mol. The maximum absolute atomic E-state index is 11.9.